The summed E-state index contributed by atoms with van der Waals surface area (Å²) in [5, 5.41) is 2.60. The van der Waals surface area contributed by atoms with E-state index in [1.54, 1.807) is 18.3 Å². The molecule has 0 aromatic carbocycles. The quantitative estimate of drug-likeness (QED) is 0.812. The van der Waals surface area contributed by atoms with Crippen LogP contribution >= 0.6 is 0 Å². The Balaban J connectivity index is 2.14. The normalized spacial score (nSPS) is 10.2. The first kappa shape index (κ1) is 12.7. The number of carbonyl (C=O) groups excluding carboxylic acids is 1. The van der Waals surface area contributed by atoms with Crippen LogP contribution in [0.2, 0.25) is 0 Å². The van der Waals surface area contributed by atoms with E-state index in [0.29, 0.717) is 5.69 Å². The molecule has 0 atom stereocenters. The molecule has 0 unspecified atom stereocenters. The molecule has 2 aromatic rings. The topological polar surface area (TPSA) is 86.0 Å². The van der Waals surface area contributed by atoms with Gasteiger partial charge in [-0.05, 0) is 12.1 Å². The molecule has 0 bridgehead atoms. The first-order valence-corrected chi connectivity index (χ1v) is 5.54. The minimum absolute atomic E-state index is 0.165. The lowest BCUT2D eigenvalue weighted by Gasteiger charge is -2.07. The number of nitrogens with one attached hydrogen (secondary N) is 1. The number of hydrogen-bond acceptors (Lipinski definition) is 4. The standard InChI is InChI=1S/C12H12N4O3/c1-15-11(18)4-6-16(12(15)19)8-10(17)14-9-3-2-5-13-7-9/h2-7H,8H2,1H3,(H,14,17). The van der Waals surface area contributed by atoms with E-state index < -0.39 is 11.2 Å². The van der Waals surface area contributed by atoms with E-state index in [4.69, 9.17) is 0 Å². The zero-order valence-corrected chi connectivity index (χ0v) is 10.2. The summed E-state index contributed by atoms with van der Waals surface area (Å²) in [5.74, 6) is -0.367. The summed E-state index contributed by atoms with van der Waals surface area (Å²) >= 11 is 0. The van der Waals surface area contributed by atoms with Gasteiger partial charge in [0.05, 0.1) is 11.9 Å². The van der Waals surface area contributed by atoms with Crippen LogP contribution in [0.1, 0.15) is 0 Å². The van der Waals surface area contributed by atoms with Crippen LogP contribution in [0.4, 0.5) is 5.69 Å². The molecule has 7 nitrogen and oxygen atoms in total. The summed E-state index contributed by atoms with van der Waals surface area (Å²) in [6, 6.07) is 4.61. The van der Waals surface area contributed by atoms with Gasteiger partial charge in [0.15, 0.2) is 0 Å². The molecule has 0 aliphatic carbocycles. The minimum atomic E-state index is -0.533. The summed E-state index contributed by atoms with van der Waals surface area (Å²) in [6.45, 7) is -0.165. The summed E-state index contributed by atoms with van der Waals surface area (Å²) < 4.78 is 2.10. The monoisotopic (exact) mass is 260 g/mol. The molecule has 0 radical (unpaired) electrons. The highest BCUT2D eigenvalue weighted by molar-refractivity contribution is 5.90. The molecule has 0 saturated carbocycles. The number of carbonyl (C=O) groups is 1. The van der Waals surface area contributed by atoms with Crippen LogP contribution < -0.4 is 16.6 Å². The molecule has 0 spiro atoms. The molecular formula is C12H12N4O3. The number of nitrogens with zero attached hydrogens (tertiary/aromatic N) is 3. The molecule has 2 rings (SSSR count). The number of amides is 1. The van der Waals surface area contributed by atoms with Crippen molar-refractivity contribution in [2.24, 2.45) is 7.05 Å². The van der Waals surface area contributed by atoms with Crippen molar-refractivity contribution < 1.29 is 4.79 Å². The SMILES string of the molecule is Cn1c(=O)ccn(CC(=O)Nc2cccnc2)c1=O. The average molecular weight is 260 g/mol. The Morgan fingerprint density at radius 3 is 2.84 bits per heavy atom. The Kier molecular flexibility index (Phi) is 3.56. The lowest BCUT2D eigenvalue weighted by molar-refractivity contribution is -0.116. The predicted octanol–water partition coefficient (Wildman–Crippen LogP) is -0.419. The second-order valence-electron chi connectivity index (χ2n) is 3.91. The number of pyridine rings is 1. The van der Waals surface area contributed by atoms with Crippen LogP contribution in [0.5, 0.6) is 0 Å². The van der Waals surface area contributed by atoms with Crippen LogP contribution in [0.3, 0.4) is 0 Å². The van der Waals surface area contributed by atoms with Crippen molar-refractivity contribution in [3.8, 4) is 0 Å². The lowest BCUT2D eigenvalue weighted by atomic mass is 10.4. The summed E-state index contributed by atoms with van der Waals surface area (Å²) in [4.78, 5) is 38.5. The van der Waals surface area contributed by atoms with Crippen LogP contribution in [-0.2, 0) is 18.4 Å². The molecule has 1 N–H and O–H groups in total. The molecule has 98 valence electrons. The molecule has 0 fully saturated rings. The van der Waals surface area contributed by atoms with Crippen LogP contribution in [-0.4, -0.2) is 20.0 Å². The highest BCUT2D eigenvalue weighted by Crippen LogP contribution is 2.02. The Morgan fingerprint density at radius 1 is 1.37 bits per heavy atom. The molecule has 0 saturated heterocycles. The molecule has 1 amide bonds. The predicted molar refractivity (Wildman–Crippen MR) is 68.8 cm³/mol. The van der Waals surface area contributed by atoms with E-state index in [-0.39, 0.29) is 12.5 Å². The maximum Gasteiger partial charge on any atom is 0.331 e. The van der Waals surface area contributed by atoms with E-state index in [1.165, 1.54) is 25.5 Å². The molecule has 7 heteroatoms. The Morgan fingerprint density at radius 2 is 2.16 bits per heavy atom. The third kappa shape index (κ3) is 2.95. The van der Waals surface area contributed by atoms with Gasteiger partial charge in [0.25, 0.3) is 5.56 Å². The highest BCUT2D eigenvalue weighted by atomic mass is 16.2. The van der Waals surface area contributed by atoms with E-state index in [1.807, 2.05) is 0 Å². The van der Waals surface area contributed by atoms with E-state index in [2.05, 4.69) is 10.3 Å². The number of aromatic nitrogens is 3. The molecule has 2 aromatic heterocycles. The number of rotatable bonds is 3. The summed E-state index contributed by atoms with van der Waals surface area (Å²) in [7, 11) is 1.36. The van der Waals surface area contributed by atoms with Gasteiger partial charge in [-0.1, -0.05) is 0 Å². The number of hydrogen-bond donors (Lipinski definition) is 1. The largest absolute Gasteiger partial charge is 0.331 e. The average Bonchev–Trinajstić information content (AvgIpc) is 2.41. The van der Waals surface area contributed by atoms with Crippen molar-refractivity contribution in [1.82, 2.24) is 14.1 Å². The summed E-state index contributed by atoms with van der Waals surface area (Å²) in [5.41, 5.74) is -0.395. The fourth-order valence-electron chi connectivity index (χ4n) is 1.53. The summed E-state index contributed by atoms with van der Waals surface area (Å²) in [6.07, 6.45) is 4.39. The third-order valence-electron chi connectivity index (χ3n) is 2.52. The van der Waals surface area contributed by atoms with Crippen LogP contribution in [0.25, 0.3) is 0 Å². The van der Waals surface area contributed by atoms with Gasteiger partial charge in [-0.2, -0.15) is 0 Å². The van der Waals surface area contributed by atoms with E-state index in [0.717, 1.165) is 9.13 Å². The fourth-order valence-corrected chi connectivity index (χ4v) is 1.53. The zero-order valence-electron chi connectivity index (χ0n) is 10.2. The van der Waals surface area contributed by atoms with Crippen molar-refractivity contribution in [3.63, 3.8) is 0 Å². The van der Waals surface area contributed by atoms with Gasteiger partial charge < -0.3 is 5.32 Å². The van der Waals surface area contributed by atoms with Gasteiger partial charge in [0.2, 0.25) is 5.91 Å². The lowest BCUT2D eigenvalue weighted by Crippen LogP contribution is -2.38. The highest BCUT2D eigenvalue weighted by Gasteiger charge is 2.07. The van der Waals surface area contributed by atoms with Crippen molar-refractivity contribution in [1.29, 1.82) is 0 Å². The Labute approximate surface area is 108 Å². The molecule has 2 heterocycles. The van der Waals surface area contributed by atoms with Crippen LogP contribution in [0.15, 0.2) is 46.4 Å². The van der Waals surface area contributed by atoms with Crippen molar-refractivity contribution in [3.05, 3.63) is 57.6 Å². The van der Waals surface area contributed by atoms with Gasteiger partial charge in [0, 0.05) is 25.5 Å². The second kappa shape index (κ2) is 5.30. The van der Waals surface area contributed by atoms with Crippen molar-refractivity contribution in [2.75, 3.05) is 5.32 Å². The zero-order chi connectivity index (χ0) is 13.8. The smallest absolute Gasteiger partial charge is 0.323 e. The molecular weight excluding hydrogens is 248 g/mol. The van der Waals surface area contributed by atoms with Crippen molar-refractivity contribution >= 4 is 11.6 Å². The number of anilines is 1. The van der Waals surface area contributed by atoms with Crippen molar-refractivity contribution in [2.45, 2.75) is 6.54 Å². The maximum absolute atomic E-state index is 11.7. The Hall–Kier alpha value is -2.70. The first-order chi connectivity index (χ1) is 9.08. The Bertz CT molecular complexity index is 703. The second-order valence-corrected chi connectivity index (χ2v) is 3.91. The maximum atomic E-state index is 11.7. The van der Waals surface area contributed by atoms with Gasteiger partial charge in [0.1, 0.15) is 6.54 Å². The van der Waals surface area contributed by atoms with Gasteiger partial charge in [-0.25, -0.2) is 4.79 Å². The van der Waals surface area contributed by atoms with Crippen LogP contribution in [0, 0.1) is 0 Å². The molecule has 0 aliphatic heterocycles. The van der Waals surface area contributed by atoms with E-state index >= 15 is 0 Å². The molecule has 19 heavy (non-hydrogen) atoms. The molecule has 0 aliphatic rings. The van der Waals surface area contributed by atoms with Gasteiger partial charge in [-0.15, -0.1) is 0 Å². The fraction of sp³-hybridized carbons (Fsp3) is 0.167. The van der Waals surface area contributed by atoms with Gasteiger partial charge >= 0.3 is 5.69 Å². The van der Waals surface area contributed by atoms with Gasteiger partial charge in [-0.3, -0.25) is 23.7 Å². The van der Waals surface area contributed by atoms with E-state index in [9.17, 15) is 14.4 Å². The third-order valence-corrected chi connectivity index (χ3v) is 2.52. The first-order valence-electron chi connectivity index (χ1n) is 5.54. The minimum Gasteiger partial charge on any atom is -0.323 e.